The summed E-state index contributed by atoms with van der Waals surface area (Å²) in [4.78, 5) is 22.8. The van der Waals surface area contributed by atoms with Crippen LogP contribution in [-0.4, -0.2) is 23.7 Å². The van der Waals surface area contributed by atoms with E-state index in [1.165, 1.54) is 17.7 Å². The number of carbonyl (C=O) groups excluding carboxylic acids is 1. The highest BCUT2D eigenvalue weighted by molar-refractivity contribution is 6.02. The van der Waals surface area contributed by atoms with Crippen LogP contribution in [-0.2, 0) is 4.74 Å². The Bertz CT molecular complexity index is 491. The minimum atomic E-state index is -1.13. The van der Waals surface area contributed by atoms with E-state index in [0.29, 0.717) is 6.61 Å². The number of hydrogen-bond donors (Lipinski definition) is 1. The Morgan fingerprint density at radius 2 is 1.85 bits per heavy atom. The van der Waals surface area contributed by atoms with Crippen molar-refractivity contribution in [3.8, 4) is 0 Å². The van der Waals surface area contributed by atoms with Crippen molar-refractivity contribution in [1.82, 2.24) is 0 Å². The molecule has 0 aliphatic rings. The molecule has 0 bridgehead atoms. The number of benzene rings is 1. The third-order valence-corrected chi connectivity index (χ3v) is 3.04. The molecule has 0 aliphatic carbocycles. The summed E-state index contributed by atoms with van der Waals surface area (Å²) in [6, 6.07) is 6.06. The first-order valence-corrected chi connectivity index (χ1v) is 6.72. The SMILES string of the molecule is C=C(CC)CCCCOC(=O)c1ccccc1C(=O)O. The first kappa shape index (κ1) is 16.0. The van der Waals surface area contributed by atoms with Crippen LogP contribution >= 0.6 is 0 Å². The van der Waals surface area contributed by atoms with Gasteiger partial charge < -0.3 is 9.84 Å². The fourth-order valence-corrected chi connectivity index (χ4v) is 1.74. The van der Waals surface area contributed by atoms with Crippen LogP contribution in [0.5, 0.6) is 0 Å². The molecule has 0 fully saturated rings. The number of carboxylic acid groups (broad SMARTS) is 1. The Kier molecular flexibility index (Phi) is 6.50. The number of unbranched alkanes of at least 4 members (excludes halogenated alkanes) is 1. The second kappa shape index (κ2) is 8.15. The van der Waals surface area contributed by atoms with E-state index in [2.05, 4.69) is 13.5 Å². The highest BCUT2D eigenvalue weighted by atomic mass is 16.5. The van der Waals surface area contributed by atoms with Crippen molar-refractivity contribution in [2.24, 2.45) is 0 Å². The van der Waals surface area contributed by atoms with Crippen LogP contribution in [0, 0.1) is 0 Å². The molecular formula is C16H20O4. The van der Waals surface area contributed by atoms with Gasteiger partial charge in [-0.05, 0) is 37.8 Å². The van der Waals surface area contributed by atoms with Crippen molar-refractivity contribution < 1.29 is 19.4 Å². The van der Waals surface area contributed by atoms with E-state index >= 15 is 0 Å². The molecule has 1 rings (SSSR count). The fraction of sp³-hybridized carbons (Fsp3) is 0.375. The highest BCUT2D eigenvalue weighted by Gasteiger charge is 2.16. The largest absolute Gasteiger partial charge is 0.478 e. The Morgan fingerprint density at radius 3 is 2.45 bits per heavy atom. The Morgan fingerprint density at radius 1 is 1.20 bits per heavy atom. The van der Waals surface area contributed by atoms with Crippen LogP contribution < -0.4 is 0 Å². The smallest absolute Gasteiger partial charge is 0.339 e. The monoisotopic (exact) mass is 276 g/mol. The number of rotatable bonds is 8. The first-order valence-electron chi connectivity index (χ1n) is 6.72. The van der Waals surface area contributed by atoms with Gasteiger partial charge >= 0.3 is 11.9 Å². The van der Waals surface area contributed by atoms with Crippen LogP contribution in [0.1, 0.15) is 53.3 Å². The van der Waals surface area contributed by atoms with Gasteiger partial charge in [-0.1, -0.05) is 31.2 Å². The third kappa shape index (κ3) is 4.88. The molecule has 1 N–H and O–H groups in total. The number of esters is 1. The van der Waals surface area contributed by atoms with E-state index in [1.807, 2.05) is 0 Å². The molecule has 0 radical (unpaired) electrons. The number of hydrogen-bond acceptors (Lipinski definition) is 3. The maximum Gasteiger partial charge on any atom is 0.339 e. The zero-order chi connectivity index (χ0) is 15.0. The molecular weight excluding hydrogens is 256 g/mol. The van der Waals surface area contributed by atoms with Crippen LogP contribution in [0.25, 0.3) is 0 Å². The molecule has 0 spiro atoms. The maximum absolute atomic E-state index is 11.8. The molecule has 0 heterocycles. The molecule has 0 amide bonds. The number of carbonyl (C=O) groups is 2. The number of aromatic carboxylic acids is 1. The Labute approximate surface area is 119 Å². The van der Waals surface area contributed by atoms with Gasteiger partial charge in [0.15, 0.2) is 0 Å². The quantitative estimate of drug-likeness (QED) is 0.447. The summed E-state index contributed by atoms with van der Waals surface area (Å²) in [5.41, 5.74) is 1.25. The van der Waals surface area contributed by atoms with Crippen molar-refractivity contribution in [2.45, 2.75) is 32.6 Å². The summed E-state index contributed by atoms with van der Waals surface area (Å²) >= 11 is 0. The molecule has 0 aromatic heterocycles. The molecule has 0 unspecified atom stereocenters. The van der Waals surface area contributed by atoms with E-state index in [9.17, 15) is 9.59 Å². The summed E-state index contributed by atoms with van der Waals surface area (Å²) < 4.78 is 5.10. The van der Waals surface area contributed by atoms with Gasteiger partial charge in [0.05, 0.1) is 17.7 Å². The van der Waals surface area contributed by atoms with Crippen molar-refractivity contribution >= 4 is 11.9 Å². The van der Waals surface area contributed by atoms with Gasteiger partial charge in [-0.2, -0.15) is 0 Å². The lowest BCUT2D eigenvalue weighted by Gasteiger charge is -2.07. The Hall–Kier alpha value is -2.10. The van der Waals surface area contributed by atoms with Crippen molar-refractivity contribution in [3.63, 3.8) is 0 Å². The molecule has 4 nitrogen and oxygen atoms in total. The van der Waals surface area contributed by atoms with Crippen LogP contribution in [0.3, 0.4) is 0 Å². The standard InChI is InChI=1S/C16H20O4/c1-3-12(2)8-6-7-11-20-16(19)14-10-5-4-9-13(14)15(17)18/h4-5,9-10H,2-3,6-8,11H2,1H3,(H,17,18). The number of ether oxygens (including phenoxy) is 1. The topological polar surface area (TPSA) is 63.6 Å². The van der Waals surface area contributed by atoms with Gasteiger partial charge in [-0.3, -0.25) is 0 Å². The third-order valence-electron chi connectivity index (χ3n) is 3.04. The molecule has 1 aromatic rings. The van der Waals surface area contributed by atoms with E-state index < -0.39 is 11.9 Å². The van der Waals surface area contributed by atoms with Crippen molar-refractivity contribution in [3.05, 3.63) is 47.5 Å². The van der Waals surface area contributed by atoms with E-state index in [-0.39, 0.29) is 11.1 Å². The van der Waals surface area contributed by atoms with E-state index in [0.717, 1.165) is 25.7 Å². The van der Waals surface area contributed by atoms with E-state index in [4.69, 9.17) is 9.84 Å². The first-order chi connectivity index (χ1) is 9.56. The predicted octanol–water partition coefficient (Wildman–Crippen LogP) is 3.68. The van der Waals surface area contributed by atoms with Crippen molar-refractivity contribution in [1.29, 1.82) is 0 Å². The summed E-state index contributed by atoms with van der Waals surface area (Å²) in [7, 11) is 0. The van der Waals surface area contributed by atoms with Gasteiger partial charge in [0, 0.05) is 0 Å². The van der Waals surface area contributed by atoms with Crippen LogP contribution in [0.15, 0.2) is 36.4 Å². The van der Waals surface area contributed by atoms with E-state index in [1.54, 1.807) is 12.1 Å². The molecule has 4 heteroatoms. The average Bonchev–Trinajstić information content (AvgIpc) is 2.46. The molecule has 1 aromatic carbocycles. The Balaban J connectivity index is 2.44. The zero-order valence-electron chi connectivity index (χ0n) is 11.7. The van der Waals surface area contributed by atoms with Crippen LogP contribution in [0.4, 0.5) is 0 Å². The summed E-state index contributed by atoms with van der Waals surface area (Å²) in [5, 5.41) is 8.99. The van der Waals surface area contributed by atoms with Crippen molar-refractivity contribution in [2.75, 3.05) is 6.61 Å². The second-order valence-corrected chi connectivity index (χ2v) is 4.55. The minimum Gasteiger partial charge on any atom is -0.478 e. The molecule has 20 heavy (non-hydrogen) atoms. The molecule has 0 atom stereocenters. The summed E-state index contributed by atoms with van der Waals surface area (Å²) in [6.45, 7) is 6.27. The lowest BCUT2D eigenvalue weighted by Crippen LogP contribution is -2.12. The summed E-state index contributed by atoms with van der Waals surface area (Å²) in [5.74, 6) is -1.71. The number of carboxylic acids is 1. The van der Waals surface area contributed by atoms with Gasteiger partial charge in [-0.15, -0.1) is 0 Å². The number of allylic oxidation sites excluding steroid dienone is 1. The van der Waals surface area contributed by atoms with Crippen LogP contribution in [0.2, 0.25) is 0 Å². The molecule has 0 saturated carbocycles. The van der Waals surface area contributed by atoms with Gasteiger partial charge in [0.2, 0.25) is 0 Å². The minimum absolute atomic E-state index is 0.0307. The predicted molar refractivity (Wildman–Crippen MR) is 77.0 cm³/mol. The molecule has 108 valence electrons. The normalized spacial score (nSPS) is 10.1. The second-order valence-electron chi connectivity index (χ2n) is 4.55. The highest BCUT2D eigenvalue weighted by Crippen LogP contribution is 2.12. The summed E-state index contributed by atoms with van der Waals surface area (Å²) in [6.07, 6.45) is 3.56. The lowest BCUT2D eigenvalue weighted by molar-refractivity contribution is 0.0488. The molecule has 0 aliphatic heterocycles. The molecule has 0 saturated heterocycles. The average molecular weight is 276 g/mol. The lowest BCUT2D eigenvalue weighted by atomic mass is 10.1. The van der Waals surface area contributed by atoms with Gasteiger partial charge in [0.25, 0.3) is 0 Å². The van der Waals surface area contributed by atoms with Gasteiger partial charge in [0.1, 0.15) is 0 Å². The fourth-order valence-electron chi connectivity index (χ4n) is 1.74. The van der Waals surface area contributed by atoms with Gasteiger partial charge in [-0.25, -0.2) is 9.59 Å². The maximum atomic E-state index is 11.8. The zero-order valence-corrected chi connectivity index (χ0v) is 11.7.